The second-order valence-electron chi connectivity index (χ2n) is 27.6. The van der Waals surface area contributed by atoms with Crippen molar-refractivity contribution in [3.8, 4) is 79.2 Å². The zero-order valence-corrected chi connectivity index (χ0v) is 61.9. The van der Waals surface area contributed by atoms with E-state index in [-0.39, 0.29) is 58.9 Å². The van der Waals surface area contributed by atoms with Gasteiger partial charge in [-0.1, -0.05) is 188 Å². The lowest BCUT2D eigenvalue weighted by Gasteiger charge is -2.32. The van der Waals surface area contributed by atoms with E-state index in [9.17, 15) is 0 Å². The Morgan fingerprint density at radius 2 is 0.602 bits per heavy atom. The Bertz CT molecular complexity index is 5360. The molecule has 0 unspecified atom stereocenters. The molecule has 0 saturated carbocycles. The normalized spacial score (nSPS) is 14.7. The summed E-state index contributed by atoms with van der Waals surface area (Å²) in [5, 5.41) is 9.39. The number of imidazole rings is 2. The van der Waals surface area contributed by atoms with E-state index in [0.29, 0.717) is 0 Å². The van der Waals surface area contributed by atoms with Gasteiger partial charge >= 0.3 is 14.2 Å². The van der Waals surface area contributed by atoms with Crippen molar-refractivity contribution in [1.29, 1.82) is 0 Å². The molecule has 12 aromatic carbocycles. The van der Waals surface area contributed by atoms with Gasteiger partial charge in [0.05, 0.1) is 72.9 Å². The Labute approximate surface area is 623 Å². The molecule has 16 heteroatoms. The van der Waals surface area contributed by atoms with Crippen molar-refractivity contribution < 1.29 is 37.6 Å². The highest BCUT2D eigenvalue weighted by Gasteiger charge is 2.53. The summed E-state index contributed by atoms with van der Waals surface area (Å²) in [5.41, 5.74) is 13.8. The molecular formula is C87H90B2Br2N4O8. The van der Waals surface area contributed by atoms with Crippen LogP contribution in [0, 0.1) is 0 Å². The number of hydrogen-bond acceptors (Lipinski definition) is 10. The summed E-state index contributed by atoms with van der Waals surface area (Å²) in [4.78, 5) is 10.4. The van der Waals surface area contributed by atoms with Crippen LogP contribution in [0.5, 0.6) is 23.0 Å². The lowest BCUT2D eigenvalue weighted by Crippen LogP contribution is -2.41. The predicted octanol–water partition coefficient (Wildman–Crippen LogP) is 21.8. The molecule has 2 saturated heterocycles. The molecule has 0 N–H and O–H groups in total. The SMILES string of the molecule is C.C.C.CC1(C)OB(c2ccc(B3OC(C)(C)C(C)(C)O3)cc2)OC1(C)C.COc1ccc(-c2ccc(-c3ccc4c5ccc(-c6ccc(OC)cc6)cc5c5nc(-c6cccc(OC)c6)n(C)c5c4c3)cc2)cc1.COc1cccc(-c2nc3c4cc(Br)ccc4c4ccc(Br)cc4c3n2C)c1. The van der Waals surface area contributed by atoms with Crippen LogP contribution in [0.1, 0.15) is 77.7 Å². The molecule has 526 valence electrons. The van der Waals surface area contributed by atoms with E-state index >= 15 is 0 Å². The fourth-order valence-corrected chi connectivity index (χ4v) is 14.1. The second kappa shape index (κ2) is 29.5. The van der Waals surface area contributed by atoms with Crippen LogP contribution in [0.3, 0.4) is 0 Å². The maximum atomic E-state index is 6.10. The number of fused-ring (bicyclic) bond motifs is 12. The largest absolute Gasteiger partial charge is 0.497 e. The van der Waals surface area contributed by atoms with Crippen LogP contribution in [0.15, 0.2) is 227 Å². The quantitative estimate of drug-likeness (QED) is 0.0917. The maximum absolute atomic E-state index is 6.10. The zero-order chi connectivity index (χ0) is 70.2. The van der Waals surface area contributed by atoms with Crippen LogP contribution in [0.25, 0.3) is 121 Å². The Hall–Kier alpha value is -9.25. The van der Waals surface area contributed by atoms with E-state index in [2.05, 4.69) is 244 Å². The average molecular weight is 1500 g/mol. The molecule has 16 rings (SSSR count). The van der Waals surface area contributed by atoms with Gasteiger partial charge in [0.25, 0.3) is 0 Å². The Balaban J connectivity index is 0.000000165. The molecule has 4 heterocycles. The van der Waals surface area contributed by atoms with Crippen molar-refractivity contribution in [1.82, 2.24) is 19.1 Å². The van der Waals surface area contributed by atoms with Gasteiger partial charge < -0.3 is 46.7 Å². The predicted molar refractivity (Wildman–Crippen MR) is 438 cm³/mol. The Kier molecular flexibility index (Phi) is 21.4. The number of nitrogens with zero attached hydrogens (tertiary/aromatic N) is 4. The third-order valence-electron chi connectivity index (χ3n) is 20.5. The highest BCUT2D eigenvalue weighted by Crippen LogP contribution is 2.44. The van der Waals surface area contributed by atoms with E-state index in [0.717, 1.165) is 137 Å². The van der Waals surface area contributed by atoms with Gasteiger partial charge in [-0.05, 0) is 206 Å². The monoisotopic (exact) mass is 1500 g/mol. The first-order valence-corrected chi connectivity index (χ1v) is 35.1. The lowest BCUT2D eigenvalue weighted by molar-refractivity contribution is 0.00578. The van der Waals surface area contributed by atoms with Gasteiger partial charge in [-0.25, -0.2) is 9.97 Å². The van der Waals surface area contributed by atoms with E-state index in [1.165, 1.54) is 26.9 Å². The van der Waals surface area contributed by atoms with E-state index < -0.39 is 0 Å². The number of rotatable bonds is 11. The summed E-state index contributed by atoms with van der Waals surface area (Å²) in [6, 6.07) is 75.8. The molecule has 14 aromatic rings. The van der Waals surface area contributed by atoms with Crippen molar-refractivity contribution in [3.63, 3.8) is 0 Å². The van der Waals surface area contributed by atoms with E-state index in [1.54, 1.807) is 28.4 Å². The number of methoxy groups -OCH3 is 4. The van der Waals surface area contributed by atoms with Gasteiger partial charge in [-0.2, -0.15) is 0 Å². The smallest absolute Gasteiger partial charge is 0.494 e. The summed E-state index contributed by atoms with van der Waals surface area (Å²) in [6.45, 7) is 16.5. The summed E-state index contributed by atoms with van der Waals surface area (Å²) < 4.78 is 52.6. The molecular weight excluding hydrogens is 1410 g/mol. The van der Waals surface area contributed by atoms with Crippen LogP contribution in [0.4, 0.5) is 0 Å². The van der Waals surface area contributed by atoms with E-state index in [4.69, 9.17) is 47.5 Å². The average Bonchev–Trinajstić information content (AvgIpc) is 1.65. The minimum atomic E-state index is -0.345. The molecule has 0 aliphatic carbocycles. The third kappa shape index (κ3) is 14.1. The molecule has 103 heavy (non-hydrogen) atoms. The number of hydrogen-bond donors (Lipinski definition) is 0. The van der Waals surface area contributed by atoms with Gasteiger partial charge in [0.15, 0.2) is 0 Å². The van der Waals surface area contributed by atoms with Crippen LogP contribution < -0.4 is 29.9 Å². The molecule has 12 nitrogen and oxygen atoms in total. The highest BCUT2D eigenvalue weighted by atomic mass is 79.9. The third-order valence-corrected chi connectivity index (χ3v) is 21.5. The van der Waals surface area contributed by atoms with Crippen molar-refractivity contribution in [2.24, 2.45) is 14.1 Å². The summed E-state index contributed by atoms with van der Waals surface area (Å²) >= 11 is 7.26. The van der Waals surface area contributed by atoms with Crippen molar-refractivity contribution in [2.75, 3.05) is 28.4 Å². The number of aromatic nitrogens is 4. The lowest BCUT2D eigenvalue weighted by atomic mass is 9.74. The molecule has 2 aliphatic heterocycles. The number of ether oxygens (including phenoxy) is 4. The molecule has 0 bridgehead atoms. The Morgan fingerprint density at radius 1 is 0.311 bits per heavy atom. The maximum Gasteiger partial charge on any atom is 0.494 e. The molecule has 0 radical (unpaired) electrons. The van der Waals surface area contributed by atoms with E-state index in [1.807, 2.05) is 84.9 Å². The highest BCUT2D eigenvalue weighted by molar-refractivity contribution is 9.10. The first-order chi connectivity index (χ1) is 47.9. The van der Waals surface area contributed by atoms with Crippen LogP contribution in [-0.4, -0.2) is 84.2 Å². The van der Waals surface area contributed by atoms with Crippen LogP contribution >= 0.6 is 31.9 Å². The zero-order valence-electron chi connectivity index (χ0n) is 58.8. The van der Waals surface area contributed by atoms with Gasteiger partial charge in [-0.3, -0.25) is 0 Å². The summed E-state index contributed by atoms with van der Waals surface area (Å²) in [6.07, 6.45) is 0. The standard InChI is InChI=1S/C43H34N2O3.C23H16Br2N2O.C18H28B2O4.3CH4/c1-45-42-40-26-32(29-10-8-27(9-11-29)28-12-18-34(46-2)19-13-28)17-23-38(40)37-22-16-31(30-14-20-35(47-3)21-15-30)25-39(37)41(42)44-43(45)33-6-5-7-36(24-33)48-4;1-27-22-20-12-15(25)7-9-18(20)17-8-6-14(24)11-19(17)21(22)26-23(27)13-4-3-5-16(10-13)28-2;1-15(2)16(3,4)22-19(21-15)13-9-11-14(12-10-13)20-23-17(5,6)18(7,8)24-20;;;/h5-26H,1-4H3;3-12H,1-2H3;9-12H,1-8H3;3*1H4. The van der Waals surface area contributed by atoms with Gasteiger partial charge in [0.1, 0.15) is 34.6 Å². The van der Waals surface area contributed by atoms with Crippen LogP contribution in [-0.2, 0) is 32.7 Å². The van der Waals surface area contributed by atoms with Crippen LogP contribution in [0.2, 0.25) is 0 Å². The summed E-state index contributed by atoms with van der Waals surface area (Å²) in [7, 11) is 10.3. The number of halogens is 2. The second-order valence-corrected chi connectivity index (χ2v) is 29.5. The fourth-order valence-electron chi connectivity index (χ4n) is 13.4. The molecule has 2 aliphatic rings. The molecule has 0 amide bonds. The Morgan fingerprint density at radius 3 is 0.971 bits per heavy atom. The first-order valence-electron chi connectivity index (χ1n) is 33.5. The van der Waals surface area contributed by atoms with Crippen molar-refractivity contribution in [2.45, 2.75) is 100 Å². The molecule has 2 aromatic heterocycles. The number of aryl methyl sites for hydroxylation is 2. The molecule has 2 fully saturated rings. The van der Waals surface area contributed by atoms with Gasteiger partial charge in [-0.15, -0.1) is 0 Å². The molecule has 0 spiro atoms. The minimum absolute atomic E-state index is 0. The molecule has 0 atom stereocenters. The van der Waals surface area contributed by atoms with Gasteiger partial charge in [0.2, 0.25) is 0 Å². The minimum Gasteiger partial charge on any atom is -0.497 e. The number of benzene rings is 12. The van der Waals surface area contributed by atoms with Crippen molar-refractivity contribution >= 4 is 122 Å². The first kappa shape index (κ1) is 74.9. The van der Waals surface area contributed by atoms with Crippen molar-refractivity contribution in [3.05, 3.63) is 227 Å². The summed E-state index contributed by atoms with van der Waals surface area (Å²) in [5.74, 6) is 5.13. The fraction of sp³-hybridized carbons (Fsp3) is 0.241. The topological polar surface area (TPSA) is 109 Å². The van der Waals surface area contributed by atoms with Gasteiger partial charge in [0, 0.05) is 55.7 Å².